The smallest absolute Gasteiger partial charge is 0.0970 e. The van der Waals surface area contributed by atoms with E-state index in [0.717, 1.165) is 18.7 Å². The normalized spacial score (nSPS) is 19.4. The first-order valence-corrected chi connectivity index (χ1v) is 7.43. The Morgan fingerprint density at radius 1 is 1.11 bits per heavy atom. The van der Waals surface area contributed by atoms with Gasteiger partial charge in [-0.1, -0.05) is 30.2 Å². The van der Waals surface area contributed by atoms with Gasteiger partial charge in [0.1, 0.15) is 0 Å². The SMILES string of the molecule is Cc1ccc(C(O)C(C)(C)N2CCCCC2)c(C)c1. The van der Waals surface area contributed by atoms with Gasteiger partial charge in [-0.2, -0.15) is 0 Å². The van der Waals surface area contributed by atoms with E-state index in [9.17, 15) is 5.11 Å². The van der Waals surface area contributed by atoms with Crippen molar-refractivity contribution in [3.05, 3.63) is 34.9 Å². The maximum atomic E-state index is 10.8. The van der Waals surface area contributed by atoms with Crippen LogP contribution in [0.4, 0.5) is 0 Å². The van der Waals surface area contributed by atoms with Crippen molar-refractivity contribution in [2.45, 2.75) is 58.6 Å². The predicted molar refractivity (Wildman–Crippen MR) is 80.4 cm³/mol. The van der Waals surface area contributed by atoms with E-state index in [4.69, 9.17) is 0 Å². The maximum absolute atomic E-state index is 10.8. The van der Waals surface area contributed by atoms with Gasteiger partial charge < -0.3 is 5.11 Å². The van der Waals surface area contributed by atoms with E-state index in [1.165, 1.54) is 30.4 Å². The zero-order chi connectivity index (χ0) is 14.0. The highest BCUT2D eigenvalue weighted by molar-refractivity contribution is 5.33. The first-order valence-electron chi connectivity index (χ1n) is 7.43. The van der Waals surface area contributed by atoms with Gasteiger partial charge in [0, 0.05) is 5.54 Å². The van der Waals surface area contributed by atoms with Crippen LogP contribution in [-0.4, -0.2) is 28.6 Å². The Labute approximate surface area is 117 Å². The molecule has 1 aromatic carbocycles. The van der Waals surface area contributed by atoms with Crippen molar-refractivity contribution in [2.75, 3.05) is 13.1 Å². The van der Waals surface area contributed by atoms with Crippen LogP contribution in [0, 0.1) is 13.8 Å². The minimum atomic E-state index is -0.425. The Morgan fingerprint density at radius 2 is 1.74 bits per heavy atom. The molecule has 1 aliphatic heterocycles. The van der Waals surface area contributed by atoms with E-state index >= 15 is 0 Å². The molecule has 1 heterocycles. The molecule has 0 aromatic heterocycles. The molecule has 0 radical (unpaired) electrons. The van der Waals surface area contributed by atoms with Crippen molar-refractivity contribution in [2.24, 2.45) is 0 Å². The molecule has 106 valence electrons. The second-order valence-electron chi connectivity index (χ2n) is 6.46. The van der Waals surface area contributed by atoms with Crippen LogP contribution < -0.4 is 0 Å². The van der Waals surface area contributed by atoms with Crippen LogP contribution in [-0.2, 0) is 0 Å². The number of piperidine rings is 1. The van der Waals surface area contributed by atoms with Crippen molar-refractivity contribution in [3.8, 4) is 0 Å². The van der Waals surface area contributed by atoms with Crippen LogP contribution in [0.2, 0.25) is 0 Å². The van der Waals surface area contributed by atoms with Crippen molar-refractivity contribution in [3.63, 3.8) is 0 Å². The van der Waals surface area contributed by atoms with Gasteiger partial charge >= 0.3 is 0 Å². The Hall–Kier alpha value is -0.860. The van der Waals surface area contributed by atoms with Gasteiger partial charge in [-0.15, -0.1) is 0 Å². The van der Waals surface area contributed by atoms with Crippen molar-refractivity contribution >= 4 is 0 Å². The fraction of sp³-hybridized carbons (Fsp3) is 0.647. The van der Waals surface area contributed by atoms with E-state index in [2.05, 4.69) is 50.8 Å². The molecule has 19 heavy (non-hydrogen) atoms. The zero-order valence-corrected chi connectivity index (χ0v) is 12.7. The third kappa shape index (κ3) is 3.01. The number of likely N-dealkylation sites (tertiary alicyclic amines) is 1. The van der Waals surface area contributed by atoms with Gasteiger partial charge in [0.25, 0.3) is 0 Å². The van der Waals surface area contributed by atoms with Crippen LogP contribution in [0.25, 0.3) is 0 Å². The minimum absolute atomic E-state index is 0.194. The topological polar surface area (TPSA) is 23.5 Å². The summed E-state index contributed by atoms with van der Waals surface area (Å²) in [6.45, 7) is 10.7. The quantitative estimate of drug-likeness (QED) is 0.898. The summed E-state index contributed by atoms with van der Waals surface area (Å²) in [6, 6.07) is 6.34. The van der Waals surface area contributed by atoms with Gasteiger partial charge in [-0.3, -0.25) is 4.90 Å². The summed E-state index contributed by atoms with van der Waals surface area (Å²) in [5.41, 5.74) is 3.32. The summed E-state index contributed by atoms with van der Waals surface area (Å²) >= 11 is 0. The molecule has 0 amide bonds. The number of nitrogens with zero attached hydrogens (tertiary/aromatic N) is 1. The molecular formula is C17H27NO. The third-order valence-corrected chi connectivity index (χ3v) is 4.56. The molecule has 2 rings (SSSR count). The first-order chi connectivity index (χ1) is 8.93. The first kappa shape index (κ1) is 14.5. The average Bonchev–Trinajstić information content (AvgIpc) is 2.39. The lowest BCUT2D eigenvalue weighted by atomic mass is 9.85. The fourth-order valence-corrected chi connectivity index (χ4v) is 3.16. The van der Waals surface area contributed by atoms with Gasteiger partial charge in [0.05, 0.1) is 6.10 Å². The van der Waals surface area contributed by atoms with E-state index in [-0.39, 0.29) is 5.54 Å². The van der Waals surface area contributed by atoms with Crippen LogP contribution in [0.1, 0.15) is 55.9 Å². The van der Waals surface area contributed by atoms with Gasteiger partial charge in [-0.25, -0.2) is 0 Å². The highest BCUT2D eigenvalue weighted by atomic mass is 16.3. The third-order valence-electron chi connectivity index (χ3n) is 4.56. The van der Waals surface area contributed by atoms with Crippen LogP contribution in [0.3, 0.4) is 0 Å². The molecule has 1 saturated heterocycles. The molecule has 2 heteroatoms. The Bertz CT molecular complexity index is 433. The number of aliphatic hydroxyl groups is 1. The molecule has 1 unspecified atom stereocenters. The second kappa shape index (κ2) is 5.64. The number of hydrogen-bond acceptors (Lipinski definition) is 2. The largest absolute Gasteiger partial charge is 0.386 e. The van der Waals surface area contributed by atoms with Crippen molar-refractivity contribution in [1.29, 1.82) is 0 Å². The zero-order valence-electron chi connectivity index (χ0n) is 12.7. The second-order valence-corrected chi connectivity index (χ2v) is 6.46. The molecule has 1 atom stereocenters. The van der Waals surface area contributed by atoms with Gasteiger partial charge in [-0.05, 0) is 64.8 Å². The monoisotopic (exact) mass is 261 g/mol. The summed E-state index contributed by atoms with van der Waals surface area (Å²) in [7, 11) is 0. The highest BCUT2D eigenvalue weighted by Gasteiger charge is 2.36. The number of hydrogen-bond donors (Lipinski definition) is 1. The molecule has 1 aromatic rings. The molecule has 1 N–H and O–H groups in total. The highest BCUT2D eigenvalue weighted by Crippen LogP contribution is 2.34. The molecule has 0 bridgehead atoms. The lowest BCUT2D eigenvalue weighted by Crippen LogP contribution is -2.50. The van der Waals surface area contributed by atoms with Crippen molar-refractivity contribution in [1.82, 2.24) is 4.90 Å². The average molecular weight is 261 g/mol. The maximum Gasteiger partial charge on any atom is 0.0970 e. The Morgan fingerprint density at radius 3 is 2.32 bits per heavy atom. The molecule has 0 saturated carbocycles. The Kier molecular flexibility index (Phi) is 4.32. The molecule has 0 aliphatic carbocycles. The van der Waals surface area contributed by atoms with Gasteiger partial charge in [0.15, 0.2) is 0 Å². The van der Waals surface area contributed by atoms with E-state index in [1.807, 2.05) is 0 Å². The number of aryl methyl sites for hydroxylation is 2. The predicted octanol–water partition coefficient (Wildman–Crippen LogP) is 3.60. The number of benzene rings is 1. The fourth-order valence-electron chi connectivity index (χ4n) is 3.16. The number of aliphatic hydroxyl groups excluding tert-OH is 1. The van der Waals surface area contributed by atoms with E-state index in [0.29, 0.717) is 0 Å². The standard InChI is InChI=1S/C17H27NO/c1-13-8-9-15(14(2)12-13)16(19)17(3,4)18-10-6-5-7-11-18/h8-9,12,16,19H,5-7,10-11H2,1-4H3. The summed E-state index contributed by atoms with van der Waals surface area (Å²) in [5, 5.41) is 10.8. The molecule has 0 spiro atoms. The lowest BCUT2D eigenvalue weighted by Gasteiger charge is -2.44. The summed E-state index contributed by atoms with van der Waals surface area (Å²) < 4.78 is 0. The Balaban J connectivity index is 2.23. The molecule has 1 aliphatic rings. The van der Waals surface area contributed by atoms with E-state index < -0.39 is 6.10 Å². The molecule has 2 nitrogen and oxygen atoms in total. The van der Waals surface area contributed by atoms with Gasteiger partial charge in [0.2, 0.25) is 0 Å². The molecular weight excluding hydrogens is 234 g/mol. The summed E-state index contributed by atoms with van der Waals surface area (Å²) in [5.74, 6) is 0. The van der Waals surface area contributed by atoms with Crippen LogP contribution in [0.5, 0.6) is 0 Å². The molecule has 1 fully saturated rings. The van der Waals surface area contributed by atoms with E-state index in [1.54, 1.807) is 0 Å². The van der Waals surface area contributed by atoms with Crippen LogP contribution >= 0.6 is 0 Å². The van der Waals surface area contributed by atoms with Crippen molar-refractivity contribution < 1.29 is 5.11 Å². The minimum Gasteiger partial charge on any atom is -0.386 e. The number of rotatable bonds is 3. The summed E-state index contributed by atoms with van der Waals surface area (Å²) in [4.78, 5) is 2.44. The van der Waals surface area contributed by atoms with Crippen LogP contribution in [0.15, 0.2) is 18.2 Å². The summed E-state index contributed by atoms with van der Waals surface area (Å²) in [6.07, 6.45) is 3.41. The lowest BCUT2D eigenvalue weighted by molar-refractivity contribution is -0.0211.